The molecule has 0 saturated heterocycles. The Kier molecular flexibility index (Phi) is 2.72. The first-order valence-electron chi connectivity index (χ1n) is 4.54. The maximum atomic E-state index is 6.06. The van der Waals surface area contributed by atoms with Gasteiger partial charge in [-0.15, -0.1) is 22.7 Å². The van der Waals surface area contributed by atoms with E-state index in [9.17, 15) is 0 Å². The highest BCUT2D eigenvalue weighted by Crippen LogP contribution is 2.33. The van der Waals surface area contributed by atoms with Gasteiger partial charge in [0.1, 0.15) is 0 Å². The van der Waals surface area contributed by atoms with Crippen LogP contribution in [0.5, 0.6) is 0 Å². The van der Waals surface area contributed by atoms with Crippen LogP contribution in [0, 0.1) is 0 Å². The molecule has 2 heterocycles. The van der Waals surface area contributed by atoms with Crippen LogP contribution in [-0.2, 0) is 0 Å². The molecule has 0 saturated carbocycles. The van der Waals surface area contributed by atoms with E-state index in [1.165, 1.54) is 19.9 Å². The standard InChI is InChI=1S/C11H13NS2/c1-7(2)5-8(12)10-6-11-9(14-10)3-4-13-11/h3-6,8H,12H2,1-2H3. The van der Waals surface area contributed by atoms with Crippen molar-refractivity contribution in [3.05, 3.63) is 34.0 Å². The van der Waals surface area contributed by atoms with Crippen LogP contribution in [0.1, 0.15) is 24.8 Å². The molecule has 0 aromatic carbocycles. The number of allylic oxidation sites excluding steroid dienone is 1. The van der Waals surface area contributed by atoms with Crippen molar-refractivity contribution in [1.82, 2.24) is 0 Å². The van der Waals surface area contributed by atoms with Gasteiger partial charge in [-0.2, -0.15) is 0 Å². The van der Waals surface area contributed by atoms with Gasteiger partial charge >= 0.3 is 0 Å². The van der Waals surface area contributed by atoms with Crippen LogP contribution >= 0.6 is 22.7 Å². The fourth-order valence-electron chi connectivity index (χ4n) is 1.39. The largest absolute Gasteiger partial charge is 0.320 e. The summed E-state index contributed by atoms with van der Waals surface area (Å²) in [5.74, 6) is 0. The van der Waals surface area contributed by atoms with Gasteiger partial charge in [0.25, 0.3) is 0 Å². The van der Waals surface area contributed by atoms with Crippen LogP contribution in [0.25, 0.3) is 9.40 Å². The lowest BCUT2D eigenvalue weighted by Crippen LogP contribution is -2.04. The minimum Gasteiger partial charge on any atom is -0.320 e. The molecule has 1 nitrogen and oxygen atoms in total. The van der Waals surface area contributed by atoms with Crippen LogP contribution in [0.2, 0.25) is 0 Å². The second-order valence-corrected chi connectivity index (χ2v) is 5.63. The van der Waals surface area contributed by atoms with E-state index >= 15 is 0 Å². The molecule has 14 heavy (non-hydrogen) atoms. The lowest BCUT2D eigenvalue weighted by Gasteiger charge is -2.03. The molecule has 3 heteroatoms. The second-order valence-electron chi connectivity index (χ2n) is 3.57. The summed E-state index contributed by atoms with van der Waals surface area (Å²) in [7, 11) is 0. The van der Waals surface area contributed by atoms with Crippen molar-refractivity contribution in [3.8, 4) is 0 Å². The highest BCUT2D eigenvalue weighted by molar-refractivity contribution is 7.26. The Morgan fingerprint density at radius 1 is 1.43 bits per heavy atom. The van der Waals surface area contributed by atoms with Gasteiger partial charge in [-0.25, -0.2) is 0 Å². The van der Waals surface area contributed by atoms with Gasteiger partial charge in [-0.3, -0.25) is 0 Å². The first-order chi connectivity index (χ1) is 6.66. The number of thiophene rings is 2. The smallest absolute Gasteiger partial charge is 0.0578 e. The van der Waals surface area contributed by atoms with Crippen LogP contribution in [0.3, 0.4) is 0 Å². The van der Waals surface area contributed by atoms with E-state index in [0.29, 0.717) is 0 Å². The summed E-state index contributed by atoms with van der Waals surface area (Å²) in [5.41, 5.74) is 7.33. The molecule has 0 radical (unpaired) electrons. The average Bonchev–Trinajstić information content (AvgIpc) is 2.58. The van der Waals surface area contributed by atoms with E-state index in [4.69, 9.17) is 5.73 Å². The molecule has 2 aromatic rings. The predicted molar refractivity (Wildman–Crippen MR) is 66.1 cm³/mol. The third-order valence-electron chi connectivity index (χ3n) is 2.00. The van der Waals surface area contributed by atoms with Crippen LogP contribution in [0.4, 0.5) is 0 Å². The van der Waals surface area contributed by atoms with E-state index in [1.807, 2.05) is 0 Å². The number of fused-ring (bicyclic) bond motifs is 1. The zero-order valence-corrected chi connectivity index (χ0v) is 9.91. The highest BCUT2D eigenvalue weighted by Gasteiger charge is 2.07. The van der Waals surface area contributed by atoms with Crippen molar-refractivity contribution in [1.29, 1.82) is 0 Å². The Hall–Kier alpha value is -0.640. The molecule has 74 valence electrons. The number of nitrogens with two attached hydrogens (primary N) is 1. The van der Waals surface area contributed by atoms with Crippen molar-refractivity contribution < 1.29 is 0 Å². The molecule has 2 aromatic heterocycles. The Morgan fingerprint density at radius 2 is 2.21 bits per heavy atom. The molecule has 2 N–H and O–H groups in total. The minimum absolute atomic E-state index is 0.0598. The van der Waals surface area contributed by atoms with Crippen molar-refractivity contribution >= 4 is 32.1 Å². The third-order valence-corrected chi connectivity index (χ3v) is 4.19. The normalized spacial score (nSPS) is 13.1. The van der Waals surface area contributed by atoms with Gasteiger partial charge < -0.3 is 5.73 Å². The summed E-state index contributed by atoms with van der Waals surface area (Å²) in [6, 6.07) is 4.42. The summed E-state index contributed by atoms with van der Waals surface area (Å²) in [5, 5.41) is 2.12. The zero-order chi connectivity index (χ0) is 10.1. The second kappa shape index (κ2) is 3.85. The Balaban J connectivity index is 2.35. The molecule has 1 atom stereocenters. The molecule has 1 unspecified atom stereocenters. The fraction of sp³-hybridized carbons (Fsp3) is 0.273. The van der Waals surface area contributed by atoms with E-state index in [-0.39, 0.29) is 6.04 Å². The summed E-state index contributed by atoms with van der Waals surface area (Å²) in [6.45, 7) is 4.16. The molecule has 0 aliphatic rings. The van der Waals surface area contributed by atoms with Crippen molar-refractivity contribution in [3.63, 3.8) is 0 Å². The van der Waals surface area contributed by atoms with Gasteiger partial charge in [0.05, 0.1) is 6.04 Å². The van der Waals surface area contributed by atoms with E-state index in [1.54, 1.807) is 22.7 Å². The Labute approximate surface area is 91.9 Å². The van der Waals surface area contributed by atoms with Crippen molar-refractivity contribution in [2.45, 2.75) is 19.9 Å². The lowest BCUT2D eigenvalue weighted by molar-refractivity contribution is 0.924. The van der Waals surface area contributed by atoms with Gasteiger partial charge in [0.2, 0.25) is 0 Å². The molecule has 0 aliphatic carbocycles. The van der Waals surface area contributed by atoms with Crippen molar-refractivity contribution in [2.75, 3.05) is 0 Å². The van der Waals surface area contributed by atoms with E-state index in [2.05, 4.69) is 37.4 Å². The SMILES string of the molecule is CC(C)=CC(N)c1cc2sccc2s1. The number of hydrogen-bond acceptors (Lipinski definition) is 3. The van der Waals surface area contributed by atoms with Gasteiger partial charge in [0, 0.05) is 14.3 Å². The zero-order valence-electron chi connectivity index (χ0n) is 8.28. The van der Waals surface area contributed by atoms with Gasteiger partial charge in [-0.1, -0.05) is 11.6 Å². The Bertz CT molecular complexity index is 432. The van der Waals surface area contributed by atoms with Crippen LogP contribution < -0.4 is 5.73 Å². The first-order valence-corrected chi connectivity index (χ1v) is 6.24. The third kappa shape index (κ3) is 1.90. The minimum atomic E-state index is 0.0598. The first kappa shape index (κ1) is 9.90. The van der Waals surface area contributed by atoms with Gasteiger partial charge in [-0.05, 0) is 31.4 Å². The molecule has 0 bridgehead atoms. The topological polar surface area (TPSA) is 26.0 Å². The van der Waals surface area contributed by atoms with Crippen LogP contribution in [0.15, 0.2) is 29.2 Å². The number of rotatable bonds is 2. The predicted octanol–water partition coefficient (Wildman–Crippen LogP) is 3.93. The molecule has 0 fully saturated rings. The summed E-state index contributed by atoms with van der Waals surface area (Å²) < 4.78 is 2.70. The molecule has 0 amide bonds. The average molecular weight is 223 g/mol. The molecular weight excluding hydrogens is 210 g/mol. The quantitative estimate of drug-likeness (QED) is 0.767. The van der Waals surface area contributed by atoms with E-state index in [0.717, 1.165) is 0 Å². The lowest BCUT2D eigenvalue weighted by atomic mass is 10.2. The molecule has 0 aliphatic heterocycles. The summed E-state index contributed by atoms with van der Waals surface area (Å²) in [6.07, 6.45) is 2.11. The van der Waals surface area contributed by atoms with Gasteiger partial charge in [0.15, 0.2) is 0 Å². The monoisotopic (exact) mass is 223 g/mol. The number of hydrogen-bond donors (Lipinski definition) is 1. The Morgan fingerprint density at radius 3 is 2.86 bits per heavy atom. The fourth-order valence-corrected chi connectivity index (χ4v) is 3.48. The molecular formula is C11H13NS2. The van der Waals surface area contributed by atoms with Crippen LogP contribution in [-0.4, -0.2) is 0 Å². The molecule has 2 rings (SSSR count). The summed E-state index contributed by atoms with van der Waals surface area (Å²) in [4.78, 5) is 1.26. The van der Waals surface area contributed by atoms with Crippen molar-refractivity contribution in [2.24, 2.45) is 5.73 Å². The maximum absolute atomic E-state index is 6.06. The maximum Gasteiger partial charge on any atom is 0.0578 e. The molecule has 0 spiro atoms. The van der Waals surface area contributed by atoms with E-state index < -0.39 is 0 Å². The summed E-state index contributed by atoms with van der Waals surface area (Å²) >= 11 is 3.57. The highest BCUT2D eigenvalue weighted by atomic mass is 32.1.